The predicted molar refractivity (Wildman–Crippen MR) is 126 cm³/mol. The lowest BCUT2D eigenvalue weighted by atomic mass is 9.90. The fourth-order valence-corrected chi connectivity index (χ4v) is 4.66. The first kappa shape index (κ1) is 21.5. The van der Waals surface area contributed by atoms with Crippen molar-refractivity contribution in [3.8, 4) is 5.75 Å². The zero-order chi connectivity index (χ0) is 22.9. The molecular weight excluding hydrogens is 440 g/mol. The van der Waals surface area contributed by atoms with Crippen molar-refractivity contribution in [1.29, 1.82) is 0 Å². The van der Waals surface area contributed by atoms with Crippen LogP contribution in [0.1, 0.15) is 24.9 Å². The van der Waals surface area contributed by atoms with E-state index in [-0.39, 0.29) is 11.8 Å². The van der Waals surface area contributed by atoms with Gasteiger partial charge in [-0.05, 0) is 54.4 Å². The summed E-state index contributed by atoms with van der Waals surface area (Å²) in [6.45, 7) is 2.64. The van der Waals surface area contributed by atoms with Crippen molar-refractivity contribution in [2.24, 2.45) is 5.92 Å². The Bertz CT molecular complexity index is 1170. The average molecular weight is 463 g/mol. The Kier molecular flexibility index (Phi) is 5.79. The van der Waals surface area contributed by atoms with Crippen LogP contribution in [0.25, 0.3) is 0 Å². The molecule has 2 saturated heterocycles. The van der Waals surface area contributed by atoms with E-state index in [0.29, 0.717) is 23.1 Å². The molecule has 3 aromatic rings. The second kappa shape index (κ2) is 8.89. The van der Waals surface area contributed by atoms with E-state index in [1.54, 1.807) is 35.4 Å². The number of carbonyl (C=O) groups is 2. The van der Waals surface area contributed by atoms with E-state index in [1.165, 1.54) is 4.90 Å². The summed E-state index contributed by atoms with van der Waals surface area (Å²) in [6, 6.07) is 23.2. The van der Waals surface area contributed by atoms with Crippen LogP contribution in [0, 0.1) is 5.92 Å². The molecule has 0 radical (unpaired) electrons. The third-order valence-electron chi connectivity index (χ3n) is 5.92. The standard InChI is InChI=1S/C26H23ClN2O4/c1-2-16-32-19-14-12-17(13-15-19)28-25(30)22-23(20-10-6-7-11-21(20)27)29(33-24(22)26(28)31)18-8-4-3-5-9-18/h3-15,22-24H,2,16H2,1H3/t22-,23+,24-/m0/s1. The molecule has 3 atom stereocenters. The fourth-order valence-electron chi connectivity index (χ4n) is 4.41. The first-order valence-corrected chi connectivity index (χ1v) is 11.3. The number of fused-ring (bicyclic) bond motifs is 1. The third-order valence-corrected chi connectivity index (χ3v) is 6.26. The molecule has 2 aliphatic rings. The van der Waals surface area contributed by atoms with E-state index in [2.05, 4.69) is 0 Å². The van der Waals surface area contributed by atoms with E-state index in [0.717, 1.165) is 17.7 Å². The quantitative estimate of drug-likeness (QED) is 0.472. The van der Waals surface area contributed by atoms with Gasteiger partial charge in [0.05, 0.1) is 24.0 Å². The molecule has 0 spiro atoms. The van der Waals surface area contributed by atoms with Crippen LogP contribution in [0.3, 0.4) is 0 Å². The van der Waals surface area contributed by atoms with Crippen molar-refractivity contribution < 1.29 is 19.2 Å². The molecule has 2 fully saturated rings. The monoisotopic (exact) mass is 462 g/mol. The molecular formula is C26H23ClN2O4. The van der Waals surface area contributed by atoms with Crippen LogP contribution in [0.2, 0.25) is 5.02 Å². The topological polar surface area (TPSA) is 59.1 Å². The van der Waals surface area contributed by atoms with Gasteiger partial charge in [-0.2, -0.15) is 0 Å². The van der Waals surface area contributed by atoms with Crippen molar-refractivity contribution in [3.05, 3.63) is 89.4 Å². The molecule has 168 valence electrons. The molecule has 0 aliphatic carbocycles. The van der Waals surface area contributed by atoms with E-state index in [1.807, 2.05) is 55.5 Å². The summed E-state index contributed by atoms with van der Waals surface area (Å²) in [5, 5.41) is 2.16. The smallest absolute Gasteiger partial charge is 0.266 e. The largest absolute Gasteiger partial charge is 0.494 e. The Morgan fingerprint density at radius 3 is 2.27 bits per heavy atom. The van der Waals surface area contributed by atoms with E-state index in [9.17, 15) is 9.59 Å². The molecule has 6 nitrogen and oxygen atoms in total. The Morgan fingerprint density at radius 2 is 1.58 bits per heavy atom. The normalized spacial score (nSPS) is 22.1. The Morgan fingerprint density at radius 1 is 0.879 bits per heavy atom. The predicted octanol–water partition coefficient (Wildman–Crippen LogP) is 5.18. The molecule has 0 N–H and O–H groups in total. The molecule has 0 aromatic heterocycles. The summed E-state index contributed by atoms with van der Waals surface area (Å²) < 4.78 is 5.62. The number of para-hydroxylation sites is 1. The molecule has 7 heteroatoms. The zero-order valence-corrected chi connectivity index (χ0v) is 18.8. The second-order valence-corrected chi connectivity index (χ2v) is 8.44. The van der Waals surface area contributed by atoms with E-state index < -0.39 is 18.1 Å². The number of imide groups is 1. The number of halogens is 1. The summed E-state index contributed by atoms with van der Waals surface area (Å²) in [5.41, 5.74) is 1.99. The number of hydrogen-bond acceptors (Lipinski definition) is 5. The van der Waals surface area contributed by atoms with Crippen LogP contribution in [-0.4, -0.2) is 24.5 Å². The molecule has 0 unspecified atom stereocenters. The summed E-state index contributed by atoms with van der Waals surface area (Å²) in [4.78, 5) is 34.4. The fraction of sp³-hybridized carbons (Fsp3) is 0.231. The zero-order valence-electron chi connectivity index (χ0n) is 18.1. The number of hydrogen-bond donors (Lipinski definition) is 0. The number of nitrogens with zero attached hydrogens (tertiary/aromatic N) is 2. The first-order chi connectivity index (χ1) is 16.1. The molecule has 5 rings (SSSR count). The lowest BCUT2D eigenvalue weighted by molar-refractivity contribution is -0.126. The molecule has 3 aromatic carbocycles. The number of rotatable bonds is 6. The first-order valence-electron chi connectivity index (χ1n) is 11.0. The minimum absolute atomic E-state index is 0.310. The summed E-state index contributed by atoms with van der Waals surface area (Å²) in [6.07, 6.45) is -0.0395. The van der Waals surface area contributed by atoms with Gasteiger partial charge in [0.1, 0.15) is 11.7 Å². The molecule has 2 heterocycles. The summed E-state index contributed by atoms with van der Waals surface area (Å²) in [7, 11) is 0. The number of benzene rings is 3. The van der Waals surface area contributed by atoms with Crippen molar-refractivity contribution in [3.63, 3.8) is 0 Å². The number of ether oxygens (including phenoxy) is 1. The average Bonchev–Trinajstić information content (AvgIpc) is 3.35. The van der Waals surface area contributed by atoms with Crippen molar-refractivity contribution in [2.75, 3.05) is 16.6 Å². The summed E-state index contributed by atoms with van der Waals surface area (Å²) in [5.74, 6) is -0.729. The van der Waals surface area contributed by atoms with Gasteiger partial charge >= 0.3 is 0 Å². The van der Waals surface area contributed by atoms with Gasteiger partial charge in [0.25, 0.3) is 5.91 Å². The maximum Gasteiger partial charge on any atom is 0.266 e. The minimum atomic E-state index is -0.935. The highest BCUT2D eigenvalue weighted by Crippen LogP contribution is 2.48. The van der Waals surface area contributed by atoms with Gasteiger partial charge in [-0.1, -0.05) is 54.9 Å². The van der Waals surface area contributed by atoms with E-state index >= 15 is 0 Å². The lowest BCUT2D eigenvalue weighted by Crippen LogP contribution is -2.37. The summed E-state index contributed by atoms with van der Waals surface area (Å²) >= 11 is 6.54. The molecule has 2 amide bonds. The highest BCUT2D eigenvalue weighted by molar-refractivity contribution is 6.31. The van der Waals surface area contributed by atoms with E-state index in [4.69, 9.17) is 21.2 Å². The molecule has 0 saturated carbocycles. The maximum absolute atomic E-state index is 13.7. The van der Waals surface area contributed by atoms with Gasteiger partial charge in [0, 0.05) is 5.02 Å². The third kappa shape index (κ3) is 3.75. The highest BCUT2D eigenvalue weighted by atomic mass is 35.5. The Labute approximate surface area is 197 Å². The van der Waals surface area contributed by atoms with Crippen molar-refractivity contribution in [1.82, 2.24) is 0 Å². The van der Waals surface area contributed by atoms with Crippen LogP contribution in [0.4, 0.5) is 11.4 Å². The number of anilines is 2. The van der Waals surface area contributed by atoms with Crippen LogP contribution in [-0.2, 0) is 14.4 Å². The van der Waals surface area contributed by atoms with Gasteiger partial charge < -0.3 is 4.74 Å². The van der Waals surface area contributed by atoms with Crippen LogP contribution in [0.5, 0.6) is 5.75 Å². The lowest BCUT2D eigenvalue weighted by Gasteiger charge is -2.29. The van der Waals surface area contributed by atoms with Gasteiger partial charge in [-0.25, -0.2) is 9.96 Å². The Hall–Kier alpha value is -3.35. The number of carbonyl (C=O) groups excluding carboxylic acids is 2. The molecule has 2 aliphatic heterocycles. The highest BCUT2D eigenvalue weighted by Gasteiger charge is 2.60. The van der Waals surface area contributed by atoms with Gasteiger partial charge in [0.15, 0.2) is 6.10 Å². The molecule has 0 bridgehead atoms. The van der Waals surface area contributed by atoms with Gasteiger partial charge in [-0.3, -0.25) is 14.4 Å². The second-order valence-electron chi connectivity index (χ2n) is 8.03. The minimum Gasteiger partial charge on any atom is -0.494 e. The van der Waals surface area contributed by atoms with Crippen molar-refractivity contribution in [2.45, 2.75) is 25.5 Å². The van der Waals surface area contributed by atoms with Crippen LogP contribution >= 0.6 is 11.6 Å². The molecule has 33 heavy (non-hydrogen) atoms. The van der Waals surface area contributed by atoms with Crippen LogP contribution in [0.15, 0.2) is 78.9 Å². The van der Waals surface area contributed by atoms with Gasteiger partial charge in [0.2, 0.25) is 5.91 Å². The van der Waals surface area contributed by atoms with Gasteiger partial charge in [-0.15, -0.1) is 0 Å². The maximum atomic E-state index is 13.7. The Balaban J connectivity index is 1.51. The van der Waals surface area contributed by atoms with Crippen molar-refractivity contribution >= 4 is 34.8 Å². The number of amides is 2. The SMILES string of the molecule is CCCOc1ccc(N2C(=O)[C@@H]3[C@H](ON(c4ccccc4)[C@@H]3c3ccccc3Cl)C2=O)cc1. The van der Waals surface area contributed by atoms with Crippen LogP contribution < -0.4 is 14.7 Å². The number of hydroxylamine groups is 1.